The van der Waals surface area contributed by atoms with Gasteiger partial charge in [-0.3, -0.25) is 43.2 Å². The topological polar surface area (TPSA) is 464 Å². The number of nitrogens with zero attached hydrogens (tertiary/aromatic N) is 8. The van der Waals surface area contributed by atoms with Crippen molar-refractivity contribution < 1.29 is 107 Å². The number of aromatic nitrogens is 6. The average Bonchev–Trinajstić information content (AvgIpc) is 1.67. The molecule has 762 valence electrons. The van der Waals surface area contributed by atoms with Crippen molar-refractivity contribution in [2.75, 3.05) is 45.9 Å². The van der Waals surface area contributed by atoms with Crippen molar-refractivity contribution in [3.63, 3.8) is 0 Å². The molecule has 6 heterocycles. The molecule has 6 aromatic heterocycles. The van der Waals surface area contributed by atoms with E-state index in [1.807, 2.05) is 207 Å². The molecule has 0 radical (unpaired) electrons. The summed E-state index contributed by atoms with van der Waals surface area (Å²) in [5, 5.41) is 46.9. The van der Waals surface area contributed by atoms with E-state index in [0.29, 0.717) is 28.2 Å². The Morgan fingerprint density at radius 2 is 0.628 bits per heavy atom. The van der Waals surface area contributed by atoms with Gasteiger partial charge < -0.3 is 61.4 Å². The number of nitrogens with two attached hydrogens (primary N) is 2. The molecule has 0 unspecified atom stereocenters. The van der Waals surface area contributed by atoms with Crippen molar-refractivity contribution >= 4 is 229 Å². The van der Waals surface area contributed by atoms with Gasteiger partial charge in [-0.25, -0.2) is 29.9 Å². The summed E-state index contributed by atoms with van der Waals surface area (Å²) in [5.41, 5.74) is 25.3. The molecule has 3 amide bonds. The number of carbonyl (C=O) groups excluding carboxylic acids is 9. The number of carboxylic acid groups (broad SMARTS) is 2. The Kier molecular flexibility index (Phi) is 51.0. The first-order valence-corrected chi connectivity index (χ1v) is 51.2. The second-order valence-corrected chi connectivity index (χ2v) is 40.8. The number of ether oxygens (including phenoxy) is 4. The zero-order valence-electron chi connectivity index (χ0n) is 82.4. The van der Waals surface area contributed by atoms with Crippen LogP contribution in [-0.2, 0) is 105 Å². The molecule has 0 spiro atoms. The number of nitrogens with one attached hydrogen (secondary N) is 3. The van der Waals surface area contributed by atoms with E-state index in [1.54, 1.807) is 65.9 Å². The van der Waals surface area contributed by atoms with E-state index in [2.05, 4.69) is 134 Å². The van der Waals surface area contributed by atoms with Gasteiger partial charge in [-0.1, -0.05) is 198 Å². The SMILES string of the molecule is CC(C)(C)OC(=O)CN.CC(C)(C)OC(=O)CNC(=O)Cc1nc2ccc(-c3ccccc3)cc2s1.CCOC(=O)Cc1nc2ccc(-c3ccccc3)cc2s1.CCOC(=O)Cc1nc2ccc(Br)cc2s1.Cl.Cl.N#CCCC(=O)CNC(=O)Cc1nc2ccc(-c3ccccc3)cc2s1.N#CCN.O=C(O)CNC(=O)Cc1nc2ccc(-c3ccccc3)cc2s1.O=C([O-])Cc1nc2ccc(-c3ccccc3)cc2s1.[Na+]. The summed E-state index contributed by atoms with van der Waals surface area (Å²) in [6.07, 6.45) is 1.09. The molecule has 0 saturated heterocycles. The minimum atomic E-state index is -1.10. The molecule has 11 aromatic carbocycles. The van der Waals surface area contributed by atoms with Crippen molar-refractivity contribution in [3.8, 4) is 67.8 Å². The third-order valence-electron chi connectivity index (χ3n) is 19.5. The smallest absolute Gasteiger partial charge is 0.550 e. The fourth-order valence-corrected chi connectivity index (χ4v) is 19.8. The number of amides is 3. The number of carbonyl (C=O) groups is 10. The number of aliphatic carboxylic acids is 2. The summed E-state index contributed by atoms with van der Waals surface area (Å²) >= 11 is 12.3. The van der Waals surface area contributed by atoms with E-state index in [1.165, 1.54) is 62.2 Å². The molecule has 0 aliphatic rings. The number of ketones is 1. The van der Waals surface area contributed by atoms with Crippen molar-refractivity contribution in [2.24, 2.45) is 11.5 Å². The molecular formula is C109H107BrCl2N13NaO16S6. The number of benzene rings is 11. The molecule has 0 bridgehead atoms. The molecule has 148 heavy (non-hydrogen) atoms. The van der Waals surface area contributed by atoms with Gasteiger partial charge in [0.05, 0.1) is 143 Å². The number of fused-ring (bicyclic) bond motifs is 6. The fourth-order valence-electron chi connectivity index (χ4n) is 13.3. The number of hydrogen-bond acceptors (Lipinski definition) is 31. The number of carboxylic acids is 2. The summed E-state index contributed by atoms with van der Waals surface area (Å²) in [6, 6.07) is 90.4. The maximum atomic E-state index is 12.1. The van der Waals surface area contributed by atoms with Crippen LogP contribution in [0.3, 0.4) is 0 Å². The Balaban J connectivity index is 0.000000235. The predicted molar refractivity (Wildman–Crippen MR) is 590 cm³/mol. The average molecular weight is 2220 g/mol. The Labute approximate surface area is 922 Å². The molecule has 39 heteroatoms. The van der Waals surface area contributed by atoms with Gasteiger partial charge in [-0.2, -0.15) is 10.5 Å². The van der Waals surface area contributed by atoms with Crippen LogP contribution in [0, 0.1) is 22.7 Å². The molecular weight excluding hydrogens is 2110 g/mol. The minimum absolute atomic E-state index is 0. The first-order chi connectivity index (χ1) is 69.6. The van der Waals surface area contributed by atoms with Gasteiger partial charge in [-0.15, -0.1) is 92.8 Å². The van der Waals surface area contributed by atoms with E-state index < -0.39 is 29.1 Å². The molecule has 0 aliphatic heterocycles. The van der Waals surface area contributed by atoms with Crippen molar-refractivity contribution in [3.05, 3.63) is 295 Å². The summed E-state index contributed by atoms with van der Waals surface area (Å²) in [4.78, 5) is 140. The van der Waals surface area contributed by atoms with E-state index >= 15 is 0 Å². The van der Waals surface area contributed by atoms with Crippen molar-refractivity contribution in [1.82, 2.24) is 45.9 Å². The van der Waals surface area contributed by atoms with Crippen LogP contribution in [0.2, 0.25) is 0 Å². The Morgan fingerprint density at radius 3 is 0.885 bits per heavy atom. The largest absolute Gasteiger partial charge is 1.00 e. The van der Waals surface area contributed by atoms with Crippen LogP contribution in [-0.4, -0.2) is 151 Å². The maximum absolute atomic E-state index is 12.1. The normalized spacial score (nSPS) is 10.4. The third kappa shape index (κ3) is 41.7. The fraction of sp³-hybridized carbons (Fsp3) is 0.229. The summed E-state index contributed by atoms with van der Waals surface area (Å²) < 4.78 is 27.1. The quantitative estimate of drug-likeness (QED) is 0.0115. The summed E-state index contributed by atoms with van der Waals surface area (Å²) in [5.74, 6) is -4.37. The summed E-state index contributed by atoms with van der Waals surface area (Å²) in [7, 11) is 0. The van der Waals surface area contributed by atoms with Crippen LogP contribution in [0.1, 0.15) is 98.3 Å². The van der Waals surface area contributed by atoms with Crippen molar-refractivity contribution in [1.29, 1.82) is 10.5 Å². The van der Waals surface area contributed by atoms with E-state index in [4.69, 9.17) is 40.3 Å². The molecule has 17 rings (SSSR count). The molecule has 0 atom stereocenters. The molecule has 0 saturated carbocycles. The van der Waals surface area contributed by atoms with Gasteiger partial charge in [-0.05, 0) is 190 Å². The van der Waals surface area contributed by atoms with Crippen LogP contribution in [0.15, 0.2) is 265 Å². The van der Waals surface area contributed by atoms with Crippen LogP contribution in [0.5, 0.6) is 0 Å². The van der Waals surface area contributed by atoms with Gasteiger partial charge >= 0.3 is 59.4 Å². The molecule has 0 aliphatic carbocycles. The maximum Gasteiger partial charge on any atom is 1.00 e. The summed E-state index contributed by atoms with van der Waals surface area (Å²) in [6.45, 7) is 14.7. The second kappa shape index (κ2) is 62.0. The number of esters is 4. The predicted octanol–water partition coefficient (Wildman–Crippen LogP) is 17.3. The number of nitriles is 2. The Morgan fingerprint density at radius 1 is 0.365 bits per heavy atom. The standard InChI is InChI=1S/C21H22N2O3S.C20H17N3O2S.C17H14N2O3S.C17H15NO2S.C15H11NO2S.C11H10BrNO2S.C6H13NO2.C2H4N2.2ClH.Na/c1-21(2,3)26-20(25)13-22-18(24)12-19-23-16-10-9-15(11-17(16)27-19)14-7-5-4-6-8-14;21-10-4-7-16(24)13-22-19(25)12-20-23-17-9-8-15(11-18(17)26-20)14-5-2-1-3-6-14;20-15(18-10-17(21)22)9-16-19-13-7-6-12(8-14(13)23-16)11-4-2-1-3-5-11;1-2-20-17(19)11-16-18-14-9-8-13(10-15(14)21-16)12-6-4-3-5-7-12;17-15(18)9-14-16-12-7-6-11(8-13(12)19-14)10-4-2-1-3-5-10;1-2-15-11(14)6-10-13-8-4-3-7(12)5-9(8)16-10;1-6(2,3)9-5(8)4-7;3-1-2-4;;;/h4-11H,12-13H2,1-3H3,(H,22,24);1-3,5-6,8-9,11H,4,7,12-13H2,(H,22,25);1-8H,9-10H2,(H,18,20)(H,21,22);3-10H,2,11H2,1H3;1-8H,9H2,(H,17,18);3-5H,2,6H2,1H3;4,7H2,1-3H3;1,3H2;2*1H;/q;;;;;;;;;;+1/p-1. The zero-order valence-corrected chi connectivity index (χ0v) is 92.5. The third-order valence-corrected chi connectivity index (χ3v) is 26.1. The Bertz CT molecular complexity index is 7380. The molecule has 29 nitrogen and oxygen atoms in total. The van der Waals surface area contributed by atoms with Gasteiger partial charge in [0.25, 0.3) is 0 Å². The van der Waals surface area contributed by atoms with Crippen LogP contribution in [0.4, 0.5) is 0 Å². The van der Waals surface area contributed by atoms with E-state index in [9.17, 15) is 53.1 Å². The molecule has 0 fully saturated rings. The number of rotatable bonds is 28. The van der Waals surface area contributed by atoms with Gasteiger partial charge in [0, 0.05) is 29.7 Å². The van der Waals surface area contributed by atoms with Crippen molar-refractivity contribution in [2.45, 2.75) is 118 Å². The van der Waals surface area contributed by atoms with Gasteiger partial charge in [0.2, 0.25) is 17.7 Å². The number of thiazole rings is 6. The molecule has 17 aromatic rings. The second-order valence-electron chi connectivity index (χ2n) is 33.2. The van der Waals surface area contributed by atoms with E-state index in [-0.39, 0.29) is 180 Å². The minimum Gasteiger partial charge on any atom is -0.550 e. The van der Waals surface area contributed by atoms with Crippen LogP contribution < -0.4 is 62.1 Å². The Hall–Kier alpha value is -13.4. The zero-order chi connectivity index (χ0) is 104. The van der Waals surface area contributed by atoms with E-state index in [0.717, 1.165) is 131 Å². The van der Waals surface area contributed by atoms with Crippen LogP contribution >= 0.6 is 109 Å². The first kappa shape index (κ1) is 122. The van der Waals surface area contributed by atoms with Gasteiger partial charge in [0.15, 0.2) is 5.78 Å². The van der Waals surface area contributed by atoms with Crippen LogP contribution in [0.25, 0.3) is 117 Å². The number of halogens is 3. The first-order valence-electron chi connectivity index (χ1n) is 45.5. The van der Waals surface area contributed by atoms with Gasteiger partial charge in [0.1, 0.15) is 49.3 Å². The monoisotopic (exact) mass is 2220 g/mol. The number of hydrogen-bond donors (Lipinski definition) is 6. The number of Topliss-reactive ketones (excluding diaryl/α,β-unsaturated/α-hetero) is 1. The molecule has 8 N–H and O–H groups in total.